The highest BCUT2D eigenvalue weighted by Crippen LogP contribution is 2.07. The van der Waals surface area contributed by atoms with Gasteiger partial charge in [-0.25, -0.2) is 9.67 Å². The van der Waals surface area contributed by atoms with Gasteiger partial charge < -0.3 is 5.32 Å². The highest BCUT2D eigenvalue weighted by atomic mass is 16.1. The zero-order valence-corrected chi connectivity index (χ0v) is 13.6. The van der Waals surface area contributed by atoms with Gasteiger partial charge in [-0.1, -0.05) is 30.3 Å². The fraction of sp³-hybridized carbons (Fsp3) is 0.211. The van der Waals surface area contributed by atoms with Crippen molar-refractivity contribution >= 4 is 5.91 Å². The van der Waals surface area contributed by atoms with Crippen LogP contribution in [-0.2, 0) is 6.42 Å². The summed E-state index contributed by atoms with van der Waals surface area (Å²) in [5, 5.41) is 7.14. The topological polar surface area (TPSA) is 59.8 Å². The summed E-state index contributed by atoms with van der Waals surface area (Å²) in [5.74, 6) is 0.587. The predicted octanol–water partition coefficient (Wildman–Crippen LogP) is 3.02. The number of hydrogen-bond acceptors (Lipinski definition) is 3. The van der Waals surface area contributed by atoms with E-state index < -0.39 is 0 Å². The van der Waals surface area contributed by atoms with Crippen LogP contribution >= 0.6 is 0 Å². The number of amides is 1. The lowest BCUT2D eigenvalue weighted by molar-refractivity contribution is 0.0938. The Hall–Kier alpha value is -2.95. The molecule has 2 heterocycles. The van der Waals surface area contributed by atoms with Crippen molar-refractivity contribution in [2.45, 2.75) is 25.8 Å². The van der Waals surface area contributed by atoms with Crippen LogP contribution in [0.3, 0.4) is 0 Å². The van der Waals surface area contributed by atoms with Crippen LogP contribution < -0.4 is 5.32 Å². The van der Waals surface area contributed by atoms with E-state index >= 15 is 0 Å². The van der Waals surface area contributed by atoms with Crippen molar-refractivity contribution in [3.63, 3.8) is 0 Å². The first-order valence-electron chi connectivity index (χ1n) is 8.03. The lowest BCUT2D eigenvalue weighted by atomic mass is 10.1. The Bertz CT molecular complexity index is 767. The molecular formula is C19H20N4O. The van der Waals surface area contributed by atoms with Crippen molar-refractivity contribution in [1.29, 1.82) is 0 Å². The smallest absolute Gasteiger partial charge is 0.253 e. The maximum Gasteiger partial charge on any atom is 0.253 e. The van der Waals surface area contributed by atoms with E-state index in [9.17, 15) is 4.79 Å². The number of carbonyl (C=O) groups is 1. The minimum atomic E-state index is -0.102. The number of nitrogens with one attached hydrogen (secondary N) is 1. The molecule has 0 spiro atoms. The van der Waals surface area contributed by atoms with Crippen molar-refractivity contribution in [2.24, 2.45) is 0 Å². The first-order chi connectivity index (χ1) is 11.7. The van der Waals surface area contributed by atoms with Gasteiger partial charge in [0.2, 0.25) is 0 Å². The van der Waals surface area contributed by atoms with E-state index in [1.807, 2.05) is 37.4 Å². The second-order valence-electron chi connectivity index (χ2n) is 5.75. The number of aryl methyl sites for hydroxylation is 1. The van der Waals surface area contributed by atoms with Gasteiger partial charge in [0.1, 0.15) is 0 Å². The van der Waals surface area contributed by atoms with Crippen LogP contribution in [0.25, 0.3) is 5.82 Å². The number of hydrogen-bond donors (Lipinski definition) is 1. The van der Waals surface area contributed by atoms with Gasteiger partial charge in [-0.15, -0.1) is 0 Å². The number of nitrogens with zero attached hydrogens (tertiary/aromatic N) is 3. The van der Waals surface area contributed by atoms with Crippen molar-refractivity contribution in [3.8, 4) is 5.82 Å². The molecule has 0 saturated carbocycles. The predicted molar refractivity (Wildman–Crippen MR) is 93.1 cm³/mol. The van der Waals surface area contributed by atoms with Crippen molar-refractivity contribution < 1.29 is 4.79 Å². The molecule has 0 aliphatic heterocycles. The van der Waals surface area contributed by atoms with Gasteiger partial charge in [0.15, 0.2) is 5.82 Å². The molecule has 1 aromatic carbocycles. The third-order valence-electron chi connectivity index (χ3n) is 3.84. The van der Waals surface area contributed by atoms with Gasteiger partial charge in [0, 0.05) is 24.6 Å². The molecule has 1 amide bonds. The Balaban J connectivity index is 1.54. The summed E-state index contributed by atoms with van der Waals surface area (Å²) in [6.07, 6.45) is 6.92. The molecule has 3 rings (SSSR count). The van der Waals surface area contributed by atoms with E-state index in [-0.39, 0.29) is 11.9 Å². The van der Waals surface area contributed by atoms with Crippen LogP contribution in [0.1, 0.15) is 29.3 Å². The summed E-state index contributed by atoms with van der Waals surface area (Å²) in [5.41, 5.74) is 1.83. The van der Waals surface area contributed by atoms with Crippen LogP contribution in [0.5, 0.6) is 0 Å². The Morgan fingerprint density at radius 1 is 1.17 bits per heavy atom. The maximum atomic E-state index is 12.3. The molecule has 1 atom stereocenters. The molecule has 0 aliphatic rings. The van der Waals surface area contributed by atoms with Crippen molar-refractivity contribution in [3.05, 3.63) is 78.2 Å². The Morgan fingerprint density at radius 3 is 2.67 bits per heavy atom. The van der Waals surface area contributed by atoms with Crippen molar-refractivity contribution in [1.82, 2.24) is 20.1 Å². The van der Waals surface area contributed by atoms with Crippen LogP contribution in [0.2, 0.25) is 0 Å². The SMILES string of the molecule is C[C@H](CCc1ccccc1)NC(=O)c1ccc(-n2cccn2)nc1. The van der Waals surface area contributed by atoms with Crippen molar-refractivity contribution in [2.75, 3.05) is 0 Å². The minimum Gasteiger partial charge on any atom is -0.350 e. The van der Waals surface area contributed by atoms with E-state index in [0.717, 1.165) is 12.8 Å². The summed E-state index contributed by atoms with van der Waals surface area (Å²) >= 11 is 0. The number of rotatable bonds is 6. The molecular weight excluding hydrogens is 300 g/mol. The molecule has 0 saturated heterocycles. The summed E-state index contributed by atoms with van der Waals surface area (Å²) in [7, 11) is 0. The molecule has 1 N–H and O–H groups in total. The molecule has 122 valence electrons. The molecule has 0 unspecified atom stereocenters. The molecule has 24 heavy (non-hydrogen) atoms. The quantitative estimate of drug-likeness (QED) is 0.759. The number of pyridine rings is 1. The minimum absolute atomic E-state index is 0.100. The van der Waals surface area contributed by atoms with Crippen LogP contribution in [0.15, 0.2) is 67.1 Å². The largest absolute Gasteiger partial charge is 0.350 e. The molecule has 5 heteroatoms. The molecule has 3 aromatic rings. The zero-order chi connectivity index (χ0) is 16.8. The van der Waals surface area contributed by atoms with Gasteiger partial charge in [-0.2, -0.15) is 5.10 Å². The second-order valence-corrected chi connectivity index (χ2v) is 5.75. The summed E-state index contributed by atoms with van der Waals surface area (Å²) < 4.78 is 1.66. The molecule has 2 aromatic heterocycles. The van der Waals surface area contributed by atoms with E-state index in [0.29, 0.717) is 11.4 Å². The third-order valence-corrected chi connectivity index (χ3v) is 3.84. The Morgan fingerprint density at radius 2 is 2.00 bits per heavy atom. The number of benzene rings is 1. The average molecular weight is 320 g/mol. The lowest BCUT2D eigenvalue weighted by Gasteiger charge is -2.14. The molecule has 0 radical (unpaired) electrons. The Labute approximate surface area is 141 Å². The van der Waals surface area contributed by atoms with Crippen LogP contribution in [-0.4, -0.2) is 26.7 Å². The molecule has 5 nitrogen and oxygen atoms in total. The standard InChI is InChI=1S/C19H20N4O/c1-15(8-9-16-6-3-2-4-7-16)22-19(24)17-10-11-18(20-14-17)23-13-5-12-21-23/h2-7,10-15H,8-9H2,1H3,(H,22,24)/t15-/m1/s1. The fourth-order valence-electron chi connectivity index (χ4n) is 2.47. The molecule has 0 bridgehead atoms. The maximum absolute atomic E-state index is 12.3. The van der Waals surface area contributed by atoms with E-state index in [4.69, 9.17) is 0 Å². The molecule has 0 fully saturated rings. The van der Waals surface area contributed by atoms with Gasteiger partial charge in [0.05, 0.1) is 5.56 Å². The fourth-order valence-corrected chi connectivity index (χ4v) is 2.47. The highest BCUT2D eigenvalue weighted by Gasteiger charge is 2.10. The van der Waals surface area contributed by atoms with Gasteiger partial charge >= 0.3 is 0 Å². The van der Waals surface area contributed by atoms with Crippen LogP contribution in [0.4, 0.5) is 0 Å². The average Bonchev–Trinajstić information content (AvgIpc) is 3.16. The van der Waals surface area contributed by atoms with Gasteiger partial charge in [0.25, 0.3) is 5.91 Å². The number of aromatic nitrogens is 3. The first kappa shape index (κ1) is 15.9. The van der Waals surface area contributed by atoms with E-state index in [2.05, 4.69) is 27.5 Å². The lowest BCUT2D eigenvalue weighted by Crippen LogP contribution is -2.33. The first-order valence-corrected chi connectivity index (χ1v) is 8.03. The zero-order valence-electron chi connectivity index (χ0n) is 13.6. The normalized spacial score (nSPS) is 11.9. The summed E-state index contributed by atoms with van der Waals surface area (Å²) in [6.45, 7) is 2.02. The second kappa shape index (κ2) is 7.55. The summed E-state index contributed by atoms with van der Waals surface area (Å²) in [4.78, 5) is 16.6. The van der Waals surface area contributed by atoms with E-state index in [1.165, 1.54) is 5.56 Å². The van der Waals surface area contributed by atoms with E-state index in [1.54, 1.807) is 29.2 Å². The number of carbonyl (C=O) groups excluding carboxylic acids is 1. The summed E-state index contributed by atoms with van der Waals surface area (Å²) in [6, 6.07) is 15.8. The van der Waals surface area contributed by atoms with Gasteiger partial charge in [-0.3, -0.25) is 4.79 Å². The third kappa shape index (κ3) is 4.07. The Kier molecular flexibility index (Phi) is 5.01. The van der Waals surface area contributed by atoms with Gasteiger partial charge in [-0.05, 0) is 43.5 Å². The molecule has 0 aliphatic carbocycles. The monoisotopic (exact) mass is 320 g/mol. The highest BCUT2D eigenvalue weighted by molar-refractivity contribution is 5.94. The van der Waals surface area contributed by atoms with Crippen LogP contribution in [0, 0.1) is 0 Å².